The van der Waals surface area contributed by atoms with Crippen LogP contribution < -0.4 is 11.1 Å². The quantitative estimate of drug-likeness (QED) is 0.748. The molecular weight excluding hydrogens is 264 g/mol. The molecule has 2 aromatic rings. The zero-order chi connectivity index (χ0) is 14.8. The van der Waals surface area contributed by atoms with Gasteiger partial charge in [-0.1, -0.05) is 36.4 Å². The standard InChI is InChI=1S/C17H18N2O2/c18-13-6-3-4-11(8-13)9-16(21)19-17-14-7-2-1-5-12(14)10-15(17)20/h1-8,15,17,20H,9-10,18H2,(H,19,21)/t15-,17+/m0/s1. The summed E-state index contributed by atoms with van der Waals surface area (Å²) in [4.78, 5) is 12.2. The summed E-state index contributed by atoms with van der Waals surface area (Å²) in [5, 5.41) is 13.1. The predicted octanol–water partition coefficient (Wildman–Crippen LogP) is 1.59. The summed E-state index contributed by atoms with van der Waals surface area (Å²) in [6.45, 7) is 0. The third kappa shape index (κ3) is 2.90. The Morgan fingerprint density at radius 1 is 1.24 bits per heavy atom. The molecule has 3 rings (SSSR count). The SMILES string of the molecule is Nc1cccc(CC(=O)N[C@@H]2c3ccccc3C[C@@H]2O)c1. The molecule has 2 aromatic carbocycles. The molecule has 0 aliphatic heterocycles. The number of amides is 1. The Morgan fingerprint density at radius 3 is 2.86 bits per heavy atom. The Bertz CT molecular complexity index is 669. The van der Waals surface area contributed by atoms with Crippen LogP contribution in [0.1, 0.15) is 22.7 Å². The minimum Gasteiger partial charge on any atom is -0.399 e. The molecule has 1 aliphatic rings. The van der Waals surface area contributed by atoms with E-state index in [0.29, 0.717) is 12.1 Å². The highest BCUT2D eigenvalue weighted by molar-refractivity contribution is 5.79. The molecule has 4 heteroatoms. The summed E-state index contributed by atoms with van der Waals surface area (Å²) < 4.78 is 0. The number of nitrogens with one attached hydrogen (secondary N) is 1. The number of aliphatic hydroxyl groups is 1. The lowest BCUT2D eigenvalue weighted by Crippen LogP contribution is -2.34. The van der Waals surface area contributed by atoms with Crippen LogP contribution >= 0.6 is 0 Å². The molecule has 0 unspecified atom stereocenters. The maximum absolute atomic E-state index is 12.2. The summed E-state index contributed by atoms with van der Waals surface area (Å²) in [5.41, 5.74) is 9.33. The maximum atomic E-state index is 12.2. The van der Waals surface area contributed by atoms with Gasteiger partial charge in [0, 0.05) is 12.1 Å². The maximum Gasteiger partial charge on any atom is 0.224 e. The van der Waals surface area contributed by atoms with Gasteiger partial charge in [0.15, 0.2) is 0 Å². The number of rotatable bonds is 3. The van der Waals surface area contributed by atoms with Gasteiger partial charge in [-0.3, -0.25) is 4.79 Å². The van der Waals surface area contributed by atoms with E-state index in [4.69, 9.17) is 5.73 Å². The fourth-order valence-corrected chi connectivity index (χ4v) is 2.86. The van der Waals surface area contributed by atoms with E-state index in [-0.39, 0.29) is 18.4 Å². The van der Waals surface area contributed by atoms with Crippen molar-refractivity contribution in [1.29, 1.82) is 0 Å². The molecular formula is C17H18N2O2. The zero-order valence-electron chi connectivity index (χ0n) is 11.6. The van der Waals surface area contributed by atoms with Crippen LogP contribution in [0.3, 0.4) is 0 Å². The highest BCUT2D eigenvalue weighted by Gasteiger charge is 2.31. The van der Waals surface area contributed by atoms with Gasteiger partial charge in [-0.25, -0.2) is 0 Å². The molecule has 0 saturated heterocycles. The van der Waals surface area contributed by atoms with E-state index in [1.54, 1.807) is 12.1 Å². The molecule has 0 bridgehead atoms. The van der Waals surface area contributed by atoms with Crippen LogP contribution in [0.4, 0.5) is 5.69 Å². The summed E-state index contributed by atoms with van der Waals surface area (Å²) >= 11 is 0. The number of hydrogen-bond acceptors (Lipinski definition) is 3. The number of nitrogen functional groups attached to an aromatic ring is 1. The first-order valence-corrected chi connectivity index (χ1v) is 7.03. The van der Waals surface area contributed by atoms with Gasteiger partial charge in [0.2, 0.25) is 5.91 Å². The van der Waals surface area contributed by atoms with Crippen LogP contribution in [0.2, 0.25) is 0 Å². The lowest BCUT2D eigenvalue weighted by molar-refractivity contribution is -0.121. The summed E-state index contributed by atoms with van der Waals surface area (Å²) in [6.07, 6.45) is 0.280. The van der Waals surface area contributed by atoms with Gasteiger partial charge in [-0.05, 0) is 28.8 Å². The van der Waals surface area contributed by atoms with Gasteiger partial charge in [0.05, 0.1) is 18.6 Å². The lowest BCUT2D eigenvalue weighted by atomic mass is 10.1. The van der Waals surface area contributed by atoms with Gasteiger partial charge >= 0.3 is 0 Å². The molecule has 0 aromatic heterocycles. The third-order valence-corrected chi connectivity index (χ3v) is 3.84. The van der Waals surface area contributed by atoms with E-state index in [0.717, 1.165) is 16.7 Å². The Labute approximate surface area is 123 Å². The Hall–Kier alpha value is -2.33. The summed E-state index contributed by atoms with van der Waals surface area (Å²) in [5.74, 6) is -0.110. The first kappa shape index (κ1) is 13.6. The van der Waals surface area contributed by atoms with Crippen molar-refractivity contribution in [2.24, 2.45) is 0 Å². The largest absolute Gasteiger partial charge is 0.399 e. The predicted molar refractivity (Wildman–Crippen MR) is 81.6 cm³/mol. The van der Waals surface area contributed by atoms with E-state index in [9.17, 15) is 9.90 Å². The Kier molecular flexibility index (Phi) is 3.62. The molecule has 0 radical (unpaired) electrons. The van der Waals surface area contributed by atoms with Crippen LogP contribution in [-0.2, 0) is 17.6 Å². The molecule has 0 fully saturated rings. The fraction of sp³-hybridized carbons (Fsp3) is 0.235. The van der Waals surface area contributed by atoms with E-state index in [1.807, 2.05) is 36.4 Å². The van der Waals surface area contributed by atoms with Crippen LogP contribution in [-0.4, -0.2) is 17.1 Å². The molecule has 4 N–H and O–H groups in total. The number of fused-ring (bicyclic) bond motifs is 1. The minimum absolute atomic E-state index is 0.110. The Balaban J connectivity index is 1.70. The van der Waals surface area contributed by atoms with E-state index < -0.39 is 6.10 Å². The van der Waals surface area contributed by atoms with Crippen LogP contribution in [0.25, 0.3) is 0 Å². The molecule has 0 spiro atoms. The average molecular weight is 282 g/mol. The van der Waals surface area contributed by atoms with Gasteiger partial charge in [0.1, 0.15) is 0 Å². The normalized spacial score (nSPS) is 20.0. The minimum atomic E-state index is -0.563. The second-order valence-electron chi connectivity index (χ2n) is 5.44. The van der Waals surface area contributed by atoms with Crippen molar-refractivity contribution in [3.8, 4) is 0 Å². The van der Waals surface area contributed by atoms with E-state index >= 15 is 0 Å². The van der Waals surface area contributed by atoms with Crippen molar-refractivity contribution in [3.63, 3.8) is 0 Å². The second kappa shape index (κ2) is 5.58. The average Bonchev–Trinajstić information content (AvgIpc) is 2.75. The van der Waals surface area contributed by atoms with Crippen molar-refractivity contribution < 1.29 is 9.90 Å². The number of benzene rings is 2. The Morgan fingerprint density at radius 2 is 2.05 bits per heavy atom. The van der Waals surface area contributed by atoms with Gasteiger partial charge < -0.3 is 16.2 Å². The molecule has 0 heterocycles. The molecule has 21 heavy (non-hydrogen) atoms. The van der Waals surface area contributed by atoms with Crippen molar-refractivity contribution in [2.75, 3.05) is 5.73 Å². The van der Waals surface area contributed by atoms with E-state index in [1.165, 1.54) is 0 Å². The number of carbonyl (C=O) groups is 1. The monoisotopic (exact) mass is 282 g/mol. The molecule has 0 saturated carbocycles. The first-order chi connectivity index (χ1) is 10.1. The number of nitrogens with two attached hydrogens (primary N) is 1. The van der Waals surface area contributed by atoms with Gasteiger partial charge in [-0.2, -0.15) is 0 Å². The van der Waals surface area contributed by atoms with E-state index in [2.05, 4.69) is 5.32 Å². The highest BCUT2D eigenvalue weighted by Crippen LogP contribution is 2.31. The number of hydrogen-bond donors (Lipinski definition) is 3. The fourth-order valence-electron chi connectivity index (χ4n) is 2.86. The van der Waals surface area contributed by atoms with Crippen LogP contribution in [0, 0.1) is 0 Å². The van der Waals surface area contributed by atoms with Crippen molar-refractivity contribution in [2.45, 2.75) is 25.0 Å². The summed E-state index contributed by atoms with van der Waals surface area (Å²) in [6, 6.07) is 14.8. The molecule has 108 valence electrons. The number of anilines is 1. The highest BCUT2D eigenvalue weighted by atomic mass is 16.3. The van der Waals surface area contributed by atoms with Gasteiger partial charge in [-0.15, -0.1) is 0 Å². The first-order valence-electron chi connectivity index (χ1n) is 7.03. The van der Waals surface area contributed by atoms with Gasteiger partial charge in [0.25, 0.3) is 0 Å². The lowest BCUT2D eigenvalue weighted by Gasteiger charge is -2.18. The van der Waals surface area contributed by atoms with Crippen molar-refractivity contribution in [1.82, 2.24) is 5.32 Å². The topological polar surface area (TPSA) is 75.4 Å². The number of carbonyl (C=O) groups excluding carboxylic acids is 1. The molecule has 1 aliphatic carbocycles. The number of aliphatic hydroxyl groups excluding tert-OH is 1. The third-order valence-electron chi connectivity index (χ3n) is 3.84. The second-order valence-corrected chi connectivity index (χ2v) is 5.44. The molecule has 2 atom stereocenters. The zero-order valence-corrected chi connectivity index (χ0v) is 11.6. The smallest absolute Gasteiger partial charge is 0.224 e. The van der Waals surface area contributed by atoms with Crippen molar-refractivity contribution in [3.05, 3.63) is 65.2 Å². The summed E-state index contributed by atoms with van der Waals surface area (Å²) in [7, 11) is 0. The molecule has 4 nitrogen and oxygen atoms in total. The van der Waals surface area contributed by atoms with Crippen LogP contribution in [0.15, 0.2) is 48.5 Å². The van der Waals surface area contributed by atoms with Crippen LogP contribution in [0.5, 0.6) is 0 Å². The van der Waals surface area contributed by atoms with Crippen molar-refractivity contribution >= 4 is 11.6 Å². The molecule has 1 amide bonds.